The molecule has 0 radical (unpaired) electrons. The van der Waals surface area contributed by atoms with Crippen LogP contribution in [0.2, 0.25) is 5.02 Å². The molecule has 5 aromatic carbocycles. The van der Waals surface area contributed by atoms with E-state index in [0.29, 0.717) is 0 Å². The van der Waals surface area contributed by atoms with Crippen LogP contribution in [0.5, 0.6) is 0 Å². The van der Waals surface area contributed by atoms with Crippen molar-refractivity contribution in [3.63, 3.8) is 0 Å². The van der Waals surface area contributed by atoms with Crippen LogP contribution in [-0.4, -0.2) is 4.57 Å². The number of hydrogen-bond acceptors (Lipinski definition) is 0. The second kappa shape index (κ2) is 8.52. The summed E-state index contributed by atoms with van der Waals surface area (Å²) in [6, 6.07) is 43.1. The first-order valence-corrected chi connectivity index (χ1v) is 12.0. The number of halogens is 1. The molecule has 0 bridgehead atoms. The Morgan fingerprint density at radius 3 is 1.94 bits per heavy atom. The number of hydrogen-bond donors (Lipinski definition) is 0. The Morgan fingerprint density at radius 1 is 0.588 bits per heavy atom. The molecule has 0 saturated carbocycles. The minimum atomic E-state index is 0.0797. The SMILES string of the molecule is Cn1c2ccccc2c2ccc(C(c3ccccc3)c3ccc(Cl)cc3)c(-c3ccccc3)c21. The Morgan fingerprint density at radius 2 is 1.21 bits per heavy atom. The highest BCUT2D eigenvalue weighted by molar-refractivity contribution is 6.30. The summed E-state index contributed by atoms with van der Waals surface area (Å²) >= 11 is 6.28. The molecule has 1 unspecified atom stereocenters. The average Bonchev–Trinajstić information content (AvgIpc) is 3.18. The molecule has 164 valence electrons. The van der Waals surface area contributed by atoms with E-state index in [9.17, 15) is 0 Å². The van der Waals surface area contributed by atoms with Gasteiger partial charge in [-0.2, -0.15) is 0 Å². The van der Waals surface area contributed by atoms with Crippen molar-refractivity contribution in [3.05, 3.63) is 143 Å². The number of benzene rings is 5. The van der Waals surface area contributed by atoms with Gasteiger partial charge in [0.2, 0.25) is 0 Å². The van der Waals surface area contributed by atoms with Crippen LogP contribution < -0.4 is 0 Å². The van der Waals surface area contributed by atoms with Crippen LogP contribution in [0.4, 0.5) is 0 Å². The fourth-order valence-corrected chi connectivity index (χ4v) is 5.41. The molecule has 1 atom stereocenters. The van der Waals surface area contributed by atoms with Gasteiger partial charge in [-0.3, -0.25) is 0 Å². The smallest absolute Gasteiger partial charge is 0.0571 e. The van der Waals surface area contributed by atoms with E-state index in [1.54, 1.807) is 0 Å². The fourth-order valence-electron chi connectivity index (χ4n) is 5.29. The van der Waals surface area contributed by atoms with E-state index in [1.807, 2.05) is 12.1 Å². The summed E-state index contributed by atoms with van der Waals surface area (Å²) in [6.45, 7) is 0. The van der Waals surface area contributed by atoms with Crippen LogP contribution in [0.1, 0.15) is 22.6 Å². The molecular formula is C32H24ClN. The summed E-state index contributed by atoms with van der Waals surface area (Å²) in [5.74, 6) is 0.0797. The third-order valence-corrected chi connectivity index (χ3v) is 7.06. The van der Waals surface area contributed by atoms with Crippen molar-refractivity contribution in [1.29, 1.82) is 0 Å². The van der Waals surface area contributed by atoms with E-state index < -0.39 is 0 Å². The van der Waals surface area contributed by atoms with E-state index >= 15 is 0 Å². The van der Waals surface area contributed by atoms with Crippen LogP contribution in [-0.2, 0) is 7.05 Å². The third-order valence-electron chi connectivity index (χ3n) is 6.81. The van der Waals surface area contributed by atoms with Crippen LogP contribution in [0.25, 0.3) is 32.9 Å². The van der Waals surface area contributed by atoms with Gasteiger partial charge in [0, 0.05) is 39.8 Å². The topological polar surface area (TPSA) is 4.93 Å². The summed E-state index contributed by atoms with van der Waals surface area (Å²) in [5.41, 5.74) is 8.79. The molecule has 1 heterocycles. The molecule has 0 aliphatic carbocycles. The third kappa shape index (κ3) is 3.41. The van der Waals surface area contributed by atoms with Crippen LogP contribution in [0.15, 0.2) is 121 Å². The second-order valence-electron chi connectivity index (χ2n) is 8.76. The maximum absolute atomic E-state index is 6.28. The number of nitrogens with zero attached hydrogens (tertiary/aromatic N) is 1. The fraction of sp³-hybridized carbons (Fsp3) is 0.0625. The molecule has 0 aliphatic rings. The largest absolute Gasteiger partial charge is 0.343 e. The van der Waals surface area contributed by atoms with Gasteiger partial charge in [-0.1, -0.05) is 115 Å². The van der Waals surface area contributed by atoms with Crippen molar-refractivity contribution < 1.29 is 0 Å². The zero-order chi connectivity index (χ0) is 23.1. The van der Waals surface area contributed by atoms with Gasteiger partial charge in [0.05, 0.1) is 5.52 Å². The Hall–Kier alpha value is -3.81. The van der Waals surface area contributed by atoms with Gasteiger partial charge in [0.1, 0.15) is 0 Å². The Labute approximate surface area is 204 Å². The Balaban J connectivity index is 1.74. The van der Waals surface area contributed by atoms with Crippen molar-refractivity contribution in [2.24, 2.45) is 7.05 Å². The summed E-state index contributed by atoms with van der Waals surface area (Å²) in [5, 5.41) is 3.32. The molecule has 34 heavy (non-hydrogen) atoms. The molecule has 0 fully saturated rings. The van der Waals surface area contributed by atoms with Gasteiger partial charge >= 0.3 is 0 Å². The summed E-state index contributed by atoms with van der Waals surface area (Å²) in [6.07, 6.45) is 0. The standard InChI is InChI=1S/C32H24ClN/c1-34-29-15-9-8-14-26(29)27-20-21-28(31(32(27)34)23-12-6-3-7-13-23)30(22-10-4-2-5-11-22)24-16-18-25(33)19-17-24/h2-21,30H,1H3. The number of aromatic nitrogens is 1. The molecule has 0 saturated heterocycles. The lowest BCUT2D eigenvalue weighted by Gasteiger charge is -2.23. The molecule has 6 aromatic rings. The Bertz CT molecular complexity index is 1600. The summed E-state index contributed by atoms with van der Waals surface area (Å²) in [4.78, 5) is 0. The number of rotatable bonds is 4. The molecule has 0 aliphatic heterocycles. The summed E-state index contributed by atoms with van der Waals surface area (Å²) in [7, 11) is 2.18. The minimum Gasteiger partial charge on any atom is -0.343 e. The molecule has 0 N–H and O–H groups in total. The molecular weight excluding hydrogens is 434 g/mol. The second-order valence-corrected chi connectivity index (χ2v) is 9.20. The van der Waals surface area contributed by atoms with Crippen LogP contribution in [0.3, 0.4) is 0 Å². The maximum Gasteiger partial charge on any atom is 0.0571 e. The molecule has 1 aromatic heterocycles. The van der Waals surface area contributed by atoms with E-state index in [1.165, 1.54) is 49.6 Å². The van der Waals surface area contributed by atoms with Crippen molar-refractivity contribution in [2.45, 2.75) is 5.92 Å². The highest BCUT2D eigenvalue weighted by Crippen LogP contribution is 2.44. The number of fused-ring (bicyclic) bond motifs is 3. The predicted molar refractivity (Wildman–Crippen MR) is 145 cm³/mol. The van der Waals surface area contributed by atoms with Crippen molar-refractivity contribution >= 4 is 33.4 Å². The average molecular weight is 458 g/mol. The zero-order valence-corrected chi connectivity index (χ0v) is 19.7. The molecule has 0 amide bonds. The predicted octanol–water partition coefficient (Wildman–Crippen LogP) is 8.83. The lowest BCUT2D eigenvalue weighted by molar-refractivity contribution is 0.972. The number of aryl methyl sites for hydroxylation is 1. The van der Waals surface area contributed by atoms with Gasteiger partial charge in [0.25, 0.3) is 0 Å². The van der Waals surface area contributed by atoms with Crippen LogP contribution in [0, 0.1) is 0 Å². The molecule has 1 nitrogen and oxygen atoms in total. The zero-order valence-electron chi connectivity index (χ0n) is 18.9. The van der Waals surface area contributed by atoms with Crippen molar-refractivity contribution in [2.75, 3.05) is 0 Å². The molecule has 6 rings (SSSR count). The van der Waals surface area contributed by atoms with Crippen molar-refractivity contribution in [1.82, 2.24) is 4.57 Å². The van der Waals surface area contributed by atoms with E-state index in [2.05, 4.69) is 121 Å². The first-order chi connectivity index (χ1) is 16.7. The lowest BCUT2D eigenvalue weighted by atomic mass is 9.80. The molecule has 2 heteroatoms. The molecule has 0 spiro atoms. The van der Waals surface area contributed by atoms with Gasteiger partial charge in [-0.25, -0.2) is 0 Å². The van der Waals surface area contributed by atoms with Gasteiger partial charge < -0.3 is 4.57 Å². The van der Waals surface area contributed by atoms with Crippen molar-refractivity contribution in [3.8, 4) is 11.1 Å². The van der Waals surface area contributed by atoms with Gasteiger partial charge in [-0.05, 0) is 40.5 Å². The summed E-state index contributed by atoms with van der Waals surface area (Å²) < 4.78 is 2.35. The maximum atomic E-state index is 6.28. The quantitative estimate of drug-likeness (QED) is 0.233. The van der Waals surface area contributed by atoms with Gasteiger partial charge in [0.15, 0.2) is 0 Å². The normalized spacial score (nSPS) is 12.3. The first kappa shape index (κ1) is 20.8. The van der Waals surface area contributed by atoms with E-state index in [4.69, 9.17) is 11.6 Å². The van der Waals surface area contributed by atoms with Gasteiger partial charge in [-0.15, -0.1) is 0 Å². The highest BCUT2D eigenvalue weighted by atomic mass is 35.5. The Kier molecular flexibility index (Phi) is 5.20. The minimum absolute atomic E-state index is 0.0797. The van der Waals surface area contributed by atoms with Crippen LogP contribution >= 0.6 is 11.6 Å². The van der Waals surface area contributed by atoms with E-state index in [-0.39, 0.29) is 5.92 Å². The highest BCUT2D eigenvalue weighted by Gasteiger charge is 2.24. The van der Waals surface area contributed by atoms with E-state index in [0.717, 1.165) is 5.02 Å². The first-order valence-electron chi connectivity index (χ1n) is 11.6. The lowest BCUT2D eigenvalue weighted by Crippen LogP contribution is -2.06. The monoisotopic (exact) mass is 457 g/mol. The number of para-hydroxylation sites is 1.